The lowest BCUT2D eigenvalue weighted by molar-refractivity contribution is -0.117. The lowest BCUT2D eigenvalue weighted by atomic mass is 9.85. The smallest absolute Gasteiger partial charge is 0.228 e. The maximum absolute atomic E-state index is 11.9. The normalized spacial score (nSPS) is 13.5. The standard InChI is InChI=1S/C14H20N4O/c1-14(2,3)11(15)8-12(19)18-13-16-9-6-4-5-7-10(9)17-13/h4-7,11H,8,15H2,1-3H3,(H2,16,17,18,19). The number of nitrogens with one attached hydrogen (secondary N) is 2. The van der Waals surface area contributed by atoms with Crippen LogP contribution in [0.15, 0.2) is 24.3 Å². The molecule has 1 unspecified atom stereocenters. The first kappa shape index (κ1) is 13.5. The van der Waals surface area contributed by atoms with Crippen molar-refractivity contribution in [3.05, 3.63) is 24.3 Å². The van der Waals surface area contributed by atoms with Crippen LogP contribution in [0.3, 0.4) is 0 Å². The molecule has 5 nitrogen and oxygen atoms in total. The Morgan fingerprint density at radius 2 is 2.11 bits per heavy atom. The second-order valence-electron chi connectivity index (χ2n) is 5.83. The molecule has 0 fully saturated rings. The number of H-pyrrole nitrogens is 1. The highest BCUT2D eigenvalue weighted by Crippen LogP contribution is 2.20. The van der Waals surface area contributed by atoms with Crippen LogP contribution in [0.4, 0.5) is 5.95 Å². The molecule has 0 aliphatic carbocycles. The zero-order valence-corrected chi connectivity index (χ0v) is 11.5. The van der Waals surface area contributed by atoms with Gasteiger partial charge < -0.3 is 10.7 Å². The van der Waals surface area contributed by atoms with Gasteiger partial charge in [-0.3, -0.25) is 10.1 Å². The molecule has 5 heteroatoms. The van der Waals surface area contributed by atoms with Crippen LogP contribution < -0.4 is 11.1 Å². The summed E-state index contributed by atoms with van der Waals surface area (Å²) in [6.45, 7) is 6.06. The number of imidazole rings is 1. The fraction of sp³-hybridized carbons (Fsp3) is 0.429. The summed E-state index contributed by atoms with van der Waals surface area (Å²) in [6, 6.07) is 7.45. The predicted octanol–water partition coefficient (Wildman–Crippen LogP) is 2.26. The number of hydrogen-bond donors (Lipinski definition) is 3. The van der Waals surface area contributed by atoms with Crippen molar-refractivity contribution in [2.45, 2.75) is 33.2 Å². The van der Waals surface area contributed by atoms with E-state index in [0.29, 0.717) is 5.95 Å². The van der Waals surface area contributed by atoms with Crippen LogP contribution in [-0.4, -0.2) is 21.9 Å². The number of anilines is 1. The molecule has 0 bridgehead atoms. The summed E-state index contributed by atoms with van der Waals surface area (Å²) in [5.41, 5.74) is 7.63. The van der Waals surface area contributed by atoms with E-state index >= 15 is 0 Å². The van der Waals surface area contributed by atoms with Gasteiger partial charge in [-0.1, -0.05) is 32.9 Å². The first-order valence-electron chi connectivity index (χ1n) is 6.36. The fourth-order valence-electron chi connectivity index (χ4n) is 1.70. The van der Waals surface area contributed by atoms with Gasteiger partial charge in [0.25, 0.3) is 0 Å². The Kier molecular flexibility index (Phi) is 3.57. The van der Waals surface area contributed by atoms with E-state index in [1.165, 1.54) is 0 Å². The van der Waals surface area contributed by atoms with Crippen molar-refractivity contribution in [3.63, 3.8) is 0 Å². The van der Waals surface area contributed by atoms with Gasteiger partial charge in [-0.15, -0.1) is 0 Å². The first-order valence-corrected chi connectivity index (χ1v) is 6.36. The molecule has 0 aliphatic rings. The predicted molar refractivity (Wildman–Crippen MR) is 76.8 cm³/mol. The van der Waals surface area contributed by atoms with Gasteiger partial charge in [-0.2, -0.15) is 0 Å². The number of hydrogen-bond acceptors (Lipinski definition) is 3. The Morgan fingerprint density at radius 1 is 1.42 bits per heavy atom. The SMILES string of the molecule is CC(C)(C)C(N)CC(=O)Nc1nc2ccccc2[nH]1. The third-order valence-electron chi connectivity index (χ3n) is 3.16. The van der Waals surface area contributed by atoms with Gasteiger partial charge in [0.15, 0.2) is 0 Å². The number of fused-ring (bicyclic) bond motifs is 1. The molecule has 0 radical (unpaired) electrons. The highest BCUT2D eigenvalue weighted by Gasteiger charge is 2.23. The molecular weight excluding hydrogens is 240 g/mol. The Morgan fingerprint density at radius 3 is 2.74 bits per heavy atom. The van der Waals surface area contributed by atoms with Crippen LogP contribution in [0.25, 0.3) is 11.0 Å². The third-order valence-corrected chi connectivity index (χ3v) is 3.16. The molecule has 0 aliphatic heterocycles. The minimum Gasteiger partial charge on any atom is -0.327 e. The summed E-state index contributed by atoms with van der Waals surface area (Å²) in [5.74, 6) is 0.341. The third kappa shape index (κ3) is 3.32. The van der Waals surface area contributed by atoms with Crippen LogP contribution in [0.5, 0.6) is 0 Å². The van der Waals surface area contributed by atoms with E-state index in [1.807, 2.05) is 45.0 Å². The van der Waals surface area contributed by atoms with Crippen molar-refractivity contribution in [1.29, 1.82) is 0 Å². The van der Waals surface area contributed by atoms with E-state index in [0.717, 1.165) is 11.0 Å². The number of nitrogens with two attached hydrogens (primary N) is 1. The van der Waals surface area contributed by atoms with Gasteiger partial charge in [-0.05, 0) is 17.5 Å². The van der Waals surface area contributed by atoms with Crippen LogP contribution in [0.2, 0.25) is 0 Å². The number of para-hydroxylation sites is 2. The van der Waals surface area contributed by atoms with Gasteiger partial charge in [0.2, 0.25) is 11.9 Å². The maximum atomic E-state index is 11.9. The summed E-state index contributed by atoms with van der Waals surface area (Å²) < 4.78 is 0. The number of amides is 1. The van der Waals surface area contributed by atoms with E-state index in [1.54, 1.807) is 0 Å². The van der Waals surface area contributed by atoms with E-state index < -0.39 is 0 Å². The number of aromatic nitrogens is 2. The monoisotopic (exact) mass is 260 g/mol. The minimum atomic E-state index is -0.183. The molecule has 102 valence electrons. The number of rotatable bonds is 3. The van der Waals surface area contributed by atoms with E-state index in [-0.39, 0.29) is 23.8 Å². The van der Waals surface area contributed by atoms with Crippen LogP contribution >= 0.6 is 0 Å². The molecule has 0 saturated carbocycles. The van der Waals surface area contributed by atoms with Crippen molar-refractivity contribution in [2.24, 2.45) is 11.1 Å². The van der Waals surface area contributed by atoms with Gasteiger partial charge in [0, 0.05) is 12.5 Å². The molecule has 1 heterocycles. The number of carbonyl (C=O) groups excluding carboxylic acids is 1. The van der Waals surface area contributed by atoms with Gasteiger partial charge in [-0.25, -0.2) is 4.98 Å². The topological polar surface area (TPSA) is 83.8 Å². The largest absolute Gasteiger partial charge is 0.327 e. The average Bonchev–Trinajstić information content (AvgIpc) is 2.69. The fourth-order valence-corrected chi connectivity index (χ4v) is 1.70. The molecule has 0 spiro atoms. The van der Waals surface area contributed by atoms with E-state index in [2.05, 4.69) is 15.3 Å². The van der Waals surface area contributed by atoms with Crippen molar-refractivity contribution in [1.82, 2.24) is 9.97 Å². The van der Waals surface area contributed by atoms with E-state index in [4.69, 9.17) is 5.73 Å². The summed E-state index contributed by atoms with van der Waals surface area (Å²) in [4.78, 5) is 19.2. The summed E-state index contributed by atoms with van der Waals surface area (Å²) in [7, 11) is 0. The highest BCUT2D eigenvalue weighted by molar-refractivity contribution is 5.91. The molecule has 1 aromatic heterocycles. The quantitative estimate of drug-likeness (QED) is 0.791. The zero-order valence-electron chi connectivity index (χ0n) is 11.5. The molecule has 2 aromatic rings. The van der Waals surface area contributed by atoms with Crippen LogP contribution in [-0.2, 0) is 4.79 Å². The summed E-state index contributed by atoms with van der Waals surface area (Å²) >= 11 is 0. The van der Waals surface area contributed by atoms with E-state index in [9.17, 15) is 4.79 Å². The van der Waals surface area contributed by atoms with Gasteiger partial charge in [0.05, 0.1) is 11.0 Å². The Labute approximate surface area is 112 Å². The van der Waals surface area contributed by atoms with Crippen LogP contribution in [0.1, 0.15) is 27.2 Å². The average molecular weight is 260 g/mol. The number of carbonyl (C=O) groups is 1. The second kappa shape index (κ2) is 5.01. The Hall–Kier alpha value is -1.88. The lowest BCUT2D eigenvalue weighted by Gasteiger charge is -2.26. The Balaban J connectivity index is 2.03. The molecule has 1 aromatic carbocycles. The van der Waals surface area contributed by atoms with Gasteiger partial charge in [0.1, 0.15) is 0 Å². The van der Waals surface area contributed by atoms with Crippen molar-refractivity contribution < 1.29 is 4.79 Å². The minimum absolute atomic E-state index is 0.0920. The molecule has 1 amide bonds. The van der Waals surface area contributed by atoms with Crippen molar-refractivity contribution >= 4 is 22.9 Å². The molecule has 1 atom stereocenters. The molecule has 0 saturated heterocycles. The lowest BCUT2D eigenvalue weighted by Crippen LogP contribution is -2.38. The zero-order chi connectivity index (χ0) is 14.0. The number of benzene rings is 1. The van der Waals surface area contributed by atoms with Crippen molar-refractivity contribution in [3.8, 4) is 0 Å². The maximum Gasteiger partial charge on any atom is 0.228 e. The highest BCUT2D eigenvalue weighted by atomic mass is 16.1. The number of nitrogens with zero attached hydrogens (tertiary/aromatic N) is 1. The second-order valence-corrected chi connectivity index (χ2v) is 5.83. The molecule has 4 N–H and O–H groups in total. The first-order chi connectivity index (χ1) is 8.86. The number of aromatic amines is 1. The Bertz CT molecular complexity index is 549. The molecular formula is C14H20N4O. The van der Waals surface area contributed by atoms with Crippen LogP contribution in [0, 0.1) is 5.41 Å². The summed E-state index contributed by atoms with van der Waals surface area (Å²) in [6.07, 6.45) is 0.278. The van der Waals surface area contributed by atoms with Gasteiger partial charge >= 0.3 is 0 Å². The summed E-state index contributed by atoms with van der Waals surface area (Å²) in [5, 5.41) is 2.75. The van der Waals surface area contributed by atoms with Crippen molar-refractivity contribution in [2.75, 3.05) is 5.32 Å². The molecule has 19 heavy (non-hydrogen) atoms. The molecule has 2 rings (SSSR count).